The molecule has 2 aliphatic rings. The summed E-state index contributed by atoms with van der Waals surface area (Å²) < 4.78 is 0. The summed E-state index contributed by atoms with van der Waals surface area (Å²) in [6, 6.07) is 0. The molecule has 2 aliphatic heterocycles. The zero-order chi connectivity index (χ0) is 16.8. The minimum atomic E-state index is -0.0261. The van der Waals surface area contributed by atoms with Crippen LogP contribution in [0, 0.1) is 5.92 Å². The van der Waals surface area contributed by atoms with E-state index in [0.29, 0.717) is 5.69 Å². The van der Waals surface area contributed by atoms with Crippen molar-refractivity contribution >= 4 is 17.2 Å². The first kappa shape index (κ1) is 17.8. The van der Waals surface area contributed by atoms with Gasteiger partial charge in [0.25, 0.3) is 5.91 Å². The van der Waals surface area contributed by atoms with E-state index in [1.165, 1.54) is 45.2 Å². The number of hydrogen-bond donors (Lipinski definition) is 1. The zero-order valence-corrected chi connectivity index (χ0v) is 15.6. The number of carbonyl (C=O) groups is 1. The van der Waals surface area contributed by atoms with E-state index in [9.17, 15) is 4.79 Å². The third-order valence-corrected chi connectivity index (χ3v) is 6.02. The van der Waals surface area contributed by atoms with Crippen molar-refractivity contribution in [3.63, 3.8) is 0 Å². The van der Waals surface area contributed by atoms with Crippen LogP contribution in [0.25, 0.3) is 0 Å². The van der Waals surface area contributed by atoms with E-state index < -0.39 is 0 Å². The van der Waals surface area contributed by atoms with E-state index in [1.807, 2.05) is 5.38 Å². The van der Waals surface area contributed by atoms with Crippen LogP contribution in [-0.4, -0.2) is 60.0 Å². The van der Waals surface area contributed by atoms with Gasteiger partial charge in [0.05, 0.1) is 6.54 Å². The van der Waals surface area contributed by atoms with Crippen LogP contribution in [0.2, 0.25) is 0 Å². The minimum absolute atomic E-state index is 0.0261. The van der Waals surface area contributed by atoms with Crippen LogP contribution in [0.1, 0.15) is 54.5 Å². The maximum absolute atomic E-state index is 12.2. The molecule has 0 radical (unpaired) electrons. The Hall–Kier alpha value is -0.980. The summed E-state index contributed by atoms with van der Waals surface area (Å²) in [7, 11) is 0. The summed E-state index contributed by atoms with van der Waals surface area (Å²) in [6.45, 7) is 9.53. The van der Waals surface area contributed by atoms with Crippen LogP contribution in [0.3, 0.4) is 0 Å². The number of piperidine rings is 2. The van der Waals surface area contributed by atoms with Crippen LogP contribution >= 0.6 is 11.3 Å². The largest absolute Gasteiger partial charge is 0.349 e. The van der Waals surface area contributed by atoms with Crippen molar-refractivity contribution in [2.75, 3.05) is 39.3 Å². The molecule has 0 aliphatic carbocycles. The van der Waals surface area contributed by atoms with Crippen LogP contribution in [0.5, 0.6) is 0 Å². The van der Waals surface area contributed by atoms with Gasteiger partial charge in [-0.1, -0.05) is 13.3 Å². The predicted molar refractivity (Wildman–Crippen MR) is 98.4 cm³/mol. The van der Waals surface area contributed by atoms with Gasteiger partial charge in [-0.05, 0) is 57.8 Å². The summed E-state index contributed by atoms with van der Waals surface area (Å²) in [5.41, 5.74) is 0.582. The van der Waals surface area contributed by atoms with E-state index in [0.717, 1.165) is 43.6 Å². The van der Waals surface area contributed by atoms with Crippen LogP contribution in [0.4, 0.5) is 0 Å². The zero-order valence-electron chi connectivity index (χ0n) is 14.8. The molecule has 0 saturated carbocycles. The SMILES string of the molecule is CC1CCN(Cc2nc(C(=O)NCCN3CCCCC3)cs2)CC1. The smallest absolute Gasteiger partial charge is 0.270 e. The van der Waals surface area contributed by atoms with Gasteiger partial charge < -0.3 is 10.2 Å². The fraction of sp³-hybridized carbons (Fsp3) is 0.778. The normalized spacial score (nSPS) is 21.0. The second-order valence-corrected chi connectivity index (χ2v) is 8.19. The molecule has 2 fully saturated rings. The number of carbonyl (C=O) groups excluding carboxylic acids is 1. The first-order valence-electron chi connectivity index (χ1n) is 9.38. The molecule has 134 valence electrons. The van der Waals surface area contributed by atoms with Gasteiger partial charge in [0.15, 0.2) is 0 Å². The molecule has 3 rings (SSSR count). The highest BCUT2D eigenvalue weighted by atomic mass is 32.1. The van der Waals surface area contributed by atoms with Crippen molar-refractivity contribution in [3.05, 3.63) is 16.1 Å². The third-order valence-electron chi connectivity index (χ3n) is 5.18. The van der Waals surface area contributed by atoms with E-state index in [-0.39, 0.29) is 5.91 Å². The molecule has 0 unspecified atom stereocenters. The molecule has 2 saturated heterocycles. The fourth-order valence-electron chi connectivity index (χ4n) is 3.50. The Morgan fingerprint density at radius 2 is 1.96 bits per heavy atom. The lowest BCUT2D eigenvalue weighted by molar-refractivity contribution is 0.0942. The number of hydrogen-bond acceptors (Lipinski definition) is 5. The Balaban J connectivity index is 1.40. The molecule has 1 aromatic rings. The van der Waals surface area contributed by atoms with Crippen molar-refractivity contribution in [1.82, 2.24) is 20.1 Å². The summed E-state index contributed by atoms with van der Waals surface area (Å²) >= 11 is 1.61. The average molecular weight is 351 g/mol. The van der Waals surface area contributed by atoms with Crippen LogP contribution in [0.15, 0.2) is 5.38 Å². The number of thiazole rings is 1. The Labute approximate surface area is 149 Å². The first-order chi connectivity index (χ1) is 11.7. The number of nitrogens with zero attached hydrogens (tertiary/aromatic N) is 3. The molecule has 5 nitrogen and oxygen atoms in total. The number of aromatic nitrogens is 1. The van der Waals surface area contributed by atoms with Crippen molar-refractivity contribution < 1.29 is 4.79 Å². The number of likely N-dealkylation sites (tertiary alicyclic amines) is 2. The highest BCUT2D eigenvalue weighted by Gasteiger charge is 2.18. The molecule has 6 heteroatoms. The summed E-state index contributed by atoms with van der Waals surface area (Å²) in [5.74, 6) is 0.820. The molecule has 0 spiro atoms. The highest BCUT2D eigenvalue weighted by Crippen LogP contribution is 2.19. The predicted octanol–water partition coefficient (Wildman–Crippen LogP) is 2.59. The molecule has 1 N–H and O–H groups in total. The van der Waals surface area contributed by atoms with E-state index in [2.05, 4.69) is 27.0 Å². The molecule has 1 aromatic heterocycles. The van der Waals surface area contributed by atoms with Crippen LogP contribution in [-0.2, 0) is 6.54 Å². The van der Waals surface area contributed by atoms with Gasteiger partial charge in [-0.15, -0.1) is 11.3 Å². The monoisotopic (exact) mass is 350 g/mol. The summed E-state index contributed by atoms with van der Waals surface area (Å²) in [4.78, 5) is 21.7. The minimum Gasteiger partial charge on any atom is -0.349 e. The molecule has 0 bridgehead atoms. The molecular weight excluding hydrogens is 320 g/mol. The summed E-state index contributed by atoms with van der Waals surface area (Å²) in [5, 5.41) is 5.98. The number of rotatable bonds is 6. The van der Waals surface area contributed by atoms with Gasteiger partial charge >= 0.3 is 0 Å². The lowest BCUT2D eigenvalue weighted by atomic mass is 9.99. The Morgan fingerprint density at radius 3 is 2.71 bits per heavy atom. The second kappa shape index (κ2) is 8.92. The van der Waals surface area contributed by atoms with E-state index >= 15 is 0 Å². The Morgan fingerprint density at radius 1 is 1.21 bits per heavy atom. The Kier molecular flexibility index (Phi) is 6.63. The average Bonchev–Trinajstić information content (AvgIpc) is 3.06. The molecule has 0 aromatic carbocycles. The molecular formula is C18H30N4OS. The molecule has 24 heavy (non-hydrogen) atoms. The maximum atomic E-state index is 12.2. The Bertz CT molecular complexity index is 519. The van der Waals surface area contributed by atoms with Crippen LogP contribution < -0.4 is 5.32 Å². The lowest BCUT2D eigenvalue weighted by Crippen LogP contribution is -2.37. The topological polar surface area (TPSA) is 48.5 Å². The molecule has 0 atom stereocenters. The second-order valence-electron chi connectivity index (χ2n) is 7.24. The van der Waals surface area contributed by atoms with Gasteiger partial charge in [-0.25, -0.2) is 4.98 Å². The highest BCUT2D eigenvalue weighted by molar-refractivity contribution is 7.09. The lowest BCUT2D eigenvalue weighted by Gasteiger charge is -2.29. The number of amides is 1. The van der Waals surface area contributed by atoms with Gasteiger partial charge in [0.2, 0.25) is 0 Å². The van der Waals surface area contributed by atoms with Crippen molar-refractivity contribution in [2.45, 2.75) is 45.6 Å². The van der Waals surface area contributed by atoms with Gasteiger partial charge in [-0.2, -0.15) is 0 Å². The van der Waals surface area contributed by atoms with E-state index in [1.54, 1.807) is 11.3 Å². The fourth-order valence-corrected chi connectivity index (χ4v) is 4.32. The van der Waals surface area contributed by atoms with Gasteiger partial charge in [0.1, 0.15) is 10.7 Å². The number of nitrogens with one attached hydrogen (secondary N) is 1. The molecule has 3 heterocycles. The van der Waals surface area contributed by atoms with Crippen molar-refractivity contribution in [3.8, 4) is 0 Å². The standard InChI is InChI=1S/C18H30N4OS/c1-15-5-10-22(11-6-15)13-17-20-16(14-24-17)18(23)19-7-12-21-8-3-2-4-9-21/h14-15H,2-13H2,1H3,(H,19,23). The first-order valence-corrected chi connectivity index (χ1v) is 10.3. The van der Waals surface area contributed by atoms with Gasteiger partial charge in [0, 0.05) is 18.5 Å². The van der Waals surface area contributed by atoms with Gasteiger partial charge in [-0.3, -0.25) is 9.69 Å². The van der Waals surface area contributed by atoms with Crippen molar-refractivity contribution in [2.24, 2.45) is 5.92 Å². The quantitative estimate of drug-likeness (QED) is 0.857. The van der Waals surface area contributed by atoms with Crippen molar-refractivity contribution in [1.29, 1.82) is 0 Å². The van der Waals surface area contributed by atoms with E-state index in [4.69, 9.17) is 0 Å². The third kappa shape index (κ3) is 5.26. The maximum Gasteiger partial charge on any atom is 0.270 e. The molecule has 1 amide bonds. The summed E-state index contributed by atoms with van der Waals surface area (Å²) in [6.07, 6.45) is 6.47.